The van der Waals surface area contributed by atoms with E-state index in [1.807, 2.05) is 0 Å². The summed E-state index contributed by atoms with van der Waals surface area (Å²) in [4.78, 5) is 23.4. The summed E-state index contributed by atoms with van der Waals surface area (Å²) < 4.78 is 15.3. The second kappa shape index (κ2) is 8.79. The van der Waals surface area contributed by atoms with Crippen molar-refractivity contribution in [3.05, 3.63) is 53.6 Å². The molecule has 7 heteroatoms. The molecule has 1 amide bonds. The average molecular weight is 350 g/mol. The molecule has 126 valence electrons. The zero-order valence-electron chi connectivity index (χ0n) is 13.0. The maximum atomic E-state index is 11.7. The van der Waals surface area contributed by atoms with Crippen LogP contribution in [-0.4, -0.2) is 32.2 Å². The Labute approximate surface area is 144 Å². The van der Waals surface area contributed by atoms with E-state index in [0.29, 0.717) is 22.2 Å². The highest BCUT2D eigenvalue weighted by molar-refractivity contribution is 6.33. The summed E-state index contributed by atoms with van der Waals surface area (Å²) in [6.45, 7) is -0.765. The number of nitrogens with one attached hydrogen (secondary N) is 1. The fourth-order valence-electron chi connectivity index (χ4n) is 1.81. The number of hydrogen-bond acceptors (Lipinski definition) is 5. The van der Waals surface area contributed by atoms with E-state index in [2.05, 4.69) is 5.32 Å². The topological polar surface area (TPSA) is 73.9 Å². The standard InChI is InChI=1S/C17H16ClNO5/c1-22-14-8-4-5-9-15(14)23-11-17(21)24-10-16(20)19-13-7-3-2-6-12(13)18/h2-9H,10-11H2,1H3,(H,19,20). The first-order valence-electron chi connectivity index (χ1n) is 7.06. The number of esters is 1. The summed E-state index contributed by atoms with van der Waals surface area (Å²) in [5, 5.41) is 2.95. The molecule has 0 spiro atoms. The third-order valence-corrected chi connectivity index (χ3v) is 3.26. The molecule has 0 atom stereocenters. The Bertz CT molecular complexity index is 720. The van der Waals surface area contributed by atoms with Gasteiger partial charge < -0.3 is 19.5 Å². The Kier molecular flexibility index (Phi) is 6.45. The van der Waals surface area contributed by atoms with E-state index in [1.165, 1.54) is 7.11 Å². The molecular weight excluding hydrogens is 334 g/mol. The Morgan fingerprint density at radius 1 is 1.00 bits per heavy atom. The van der Waals surface area contributed by atoms with Crippen molar-refractivity contribution in [2.75, 3.05) is 25.6 Å². The smallest absolute Gasteiger partial charge is 0.344 e. The molecule has 2 rings (SSSR count). The number of carbonyl (C=O) groups is 2. The minimum absolute atomic E-state index is 0.334. The molecule has 6 nitrogen and oxygen atoms in total. The van der Waals surface area contributed by atoms with Crippen molar-refractivity contribution in [2.45, 2.75) is 0 Å². The van der Waals surface area contributed by atoms with E-state index in [9.17, 15) is 9.59 Å². The van der Waals surface area contributed by atoms with Gasteiger partial charge in [-0.25, -0.2) is 4.79 Å². The van der Waals surface area contributed by atoms with Crippen LogP contribution < -0.4 is 14.8 Å². The van der Waals surface area contributed by atoms with Crippen LogP contribution in [0.3, 0.4) is 0 Å². The number of methoxy groups -OCH3 is 1. The second-order valence-electron chi connectivity index (χ2n) is 4.63. The highest BCUT2D eigenvalue weighted by Crippen LogP contribution is 2.25. The first-order valence-corrected chi connectivity index (χ1v) is 7.43. The van der Waals surface area contributed by atoms with Crippen molar-refractivity contribution >= 4 is 29.2 Å². The van der Waals surface area contributed by atoms with Crippen LogP contribution in [0.2, 0.25) is 5.02 Å². The Hall–Kier alpha value is -2.73. The fraction of sp³-hybridized carbons (Fsp3) is 0.176. The van der Waals surface area contributed by atoms with Gasteiger partial charge in [0.15, 0.2) is 24.7 Å². The average Bonchev–Trinajstić information content (AvgIpc) is 2.60. The molecule has 0 aliphatic rings. The van der Waals surface area contributed by atoms with Gasteiger partial charge in [-0.1, -0.05) is 35.9 Å². The lowest BCUT2D eigenvalue weighted by molar-refractivity contribution is -0.149. The largest absolute Gasteiger partial charge is 0.493 e. The zero-order chi connectivity index (χ0) is 17.4. The summed E-state index contributed by atoms with van der Waals surface area (Å²) in [6.07, 6.45) is 0. The molecule has 2 aromatic carbocycles. The van der Waals surface area contributed by atoms with Crippen molar-refractivity contribution in [1.82, 2.24) is 0 Å². The van der Waals surface area contributed by atoms with Crippen LogP contribution in [0.5, 0.6) is 11.5 Å². The number of ether oxygens (including phenoxy) is 3. The van der Waals surface area contributed by atoms with E-state index < -0.39 is 18.5 Å². The molecule has 0 aliphatic carbocycles. The van der Waals surface area contributed by atoms with E-state index in [4.69, 9.17) is 25.8 Å². The molecule has 0 unspecified atom stereocenters. The molecule has 0 bridgehead atoms. The van der Waals surface area contributed by atoms with Gasteiger partial charge in [-0.05, 0) is 24.3 Å². The molecular formula is C17H16ClNO5. The van der Waals surface area contributed by atoms with Gasteiger partial charge >= 0.3 is 5.97 Å². The number of rotatable bonds is 7. The lowest BCUT2D eigenvalue weighted by Gasteiger charge is -2.10. The predicted octanol–water partition coefficient (Wildman–Crippen LogP) is 2.91. The highest BCUT2D eigenvalue weighted by atomic mass is 35.5. The van der Waals surface area contributed by atoms with Crippen LogP contribution in [0.1, 0.15) is 0 Å². The predicted molar refractivity (Wildman–Crippen MR) is 89.5 cm³/mol. The van der Waals surface area contributed by atoms with Crippen LogP contribution >= 0.6 is 11.6 Å². The summed E-state index contributed by atoms with van der Waals surface area (Å²) in [5.41, 5.74) is 0.450. The number of halogens is 1. The van der Waals surface area contributed by atoms with E-state index in [1.54, 1.807) is 48.5 Å². The minimum Gasteiger partial charge on any atom is -0.493 e. The number of benzene rings is 2. The van der Waals surface area contributed by atoms with Crippen LogP contribution in [0, 0.1) is 0 Å². The first-order chi connectivity index (χ1) is 11.6. The molecule has 1 N–H and O–H groups in total. The molecule has 0 fully saturated rings. The van der Waals surface area contributed by atoms with Gasteiger partial charge in [-0.15, -0.1) is 0 Å². The number of carbonyl (C=O) groups excluding carboxylic acids is 2. The first kappa shape index (κ1) is 17.6. The summed E-state index contributed by atoms with van der Waals surface area (Å²) in [6, 6.07) is 13.7. The van der Waals surface area contributed by atoms with Gasteiger partial charge in [0, 0.05) is 0 Å². The number of hydrogen-bond donors (Lipinski definition) is 1. The molecule has 24 heavy (non-hydrogen) atoms. The van der Waals surface area contributed by atoms with Gasteiger partial charge in [0.2, 0.25) is 0 Å². The number of amides is 1. The minimum atomic E-state index is -0.671. The summed E-state index contributed by atoms with van der Waals surface area (Å²) >= 11 is 5.92. The highest BCUT2D eigenvalue weighted by Gasteiger charge is 2.11. The molecule has 2 aromatic rings. The van der Waals surface area contributed by atoms with Crippen LogP contribution in [-0.2, 0) is 14.3 Å². The van der Waals surface area contributed by atoms with Gasteiger partial charge in [-0.3, -0.25) is 4.79 Å². The van der Waals surface area contributed by atoms with Crippen LogP contribution in [0.15, 0.2) is 48.5 Å². The maximum Gasteiger partial charge on any atom is 0.344 e. The Balaban J connectivity index is 1.77. The van der Waals surface area contributed by atoms with Gasteiger partial charge in [-0.2, -0.15) is 0 Å². The number of anilines is 1. The lowest BCUT2D eigenvalue weighted by atomic mass is 10.3. The third kappa shape index (κ3) is 5.17. The monoisotopic (exact) mass is 349 g/mol. The van der Waals surface area contributed by atoms with Crippen LogP contribution in [0.25, 0.3) is 0 Å². The molecule has 0 aromatic heterocycles. The van der Waals surface area contributed by atoms with Crippen LogP contribution in [0.4, 0.5) is 5.69 Å². The number of para-hydroxylation sites is 3. The third-order valence-electron chi connectivity index (χ3n) is 2.93. The van der Waals surface area contributed by atoms with Gasteiger partial charge in [0.25, 0.3) is 5.91 Å². The van der Waals surface area contributed by atoms with Gasteiger partial charge in [0.1, 0.15) is 0 Å². The van der Waals surface area contributed by atoms with Crippen molar-refractivity contribution in [2.24, 2.45) is 0 Å². The summed E-state index contributed by atoms with van der Waals surface area (Å²) in [7, 11) is 1.50. The molecule has 0 saturated carbocycles. The Morgan fingerprint density at radius 3 is 2.38 bits per heavy atom. The quantitative estimate of drug-likeness (QED) is 0.778. The fourth-order valence-corrected chi connectivity index (χ4v) is 1.99. The molecule has 0 saturated heterocycles. The molecule has 0 heterocycles. The van der Waals surface area contributed by atoms with Gasteiger partial charge in [0.05, 0.1) is 17.8 Å². The summed E-state index contributed by atoms with van der Waals surface area (Å²) in [5.74, 6) is -0.247. The van der Waals surface area contributed by atoms with Crippen molar-refractivity contribution in [3.8, 4) is 11.5 Å². The normalized spacial score (nSPS) is 9.92. The molecule has 0 aliphatic heterocycles. The zero-order valence-corrected chi connectivity index (χ0v) is 13.7. The molecule has 0 radical (unpaired) electrons. The van der Waals surface area contributed by atoms with Crippen molar-refractivity contribution < 1.29 is 23.8 Å². The van der Waals surface area contributed by atoms with E-state index in [-0.39, 0.29) is 6.61 Å². The van der Waals surface area contributed by atoms with Crippen molar-refractivity contribution in [1.29, 1.82) is 0 Å². The van der Waals surface area contributed by atoms with E-state index >= 15 is 0 Å². The van der Waals surface area contributed by atoms with E-state index in [0.717, 1.165) is 0 Å². The SMILES string of the molecule is COc1ccccc1OCC(=O)OCC(=O)Nc1ccccc1Cl. The maximum absolute atomic E-state index is 11.7. The van der Waals surface area contributed by atoms with Crippen molar-refractivity contribution in [3.63, 3.8) is 0 Å². The Morgan fingerprint density at radius 2 is 1.67 bits per heavy atom. The second-order valence-corrected chi connectivity index (χ2v) is 5.04. The lowest BCUT2D eigenvalue weighted by Crippen LogP contribution is -2.23.